The quantitative estimate of drug-likeness (QED) is 0.432. The number of anilines is 1. The van der Waals surface area contributed by atoms with Gasteiger partial charge in [0.2, 0.25) is 0 Å². The molecule has 3 rings (SSSR count). The summed E-state index contributed by atoms with van der Waals surface area (Å²) in [5, 5.41) is 9.85. The zero-order valence-electron chi connectivity index (χ0n) is 17.9. The molecule has 1 aliphatic rings. The number of benzene rings is 1. The number of carboxylic acids is 1. The number of amides is 1. The van der Waals surface area contributed by atoms with Crippen LogP contribution in [0.3, 0.4) is 0 Å². The molecule has 0 bridgehead atoms. The molecular weight excluding hydrogens is 394 g/mol. The molecule has 1 aliphatic carbocycles. The Morgan fingerprint density at radius 1 is 1.17 bits per heavy atom. The summed E-state index contributed by atoms with van der Waals surface area (Å²) in [6.07, 6.45) is 4.06. The van der Waals surface area contributed by atoms with Crippen molar-refractivity contribution in [3.63, 3.8) is 0 Å². The minimum Gasteiger partial charge on any atom is -0.477 e. The fourth-order valence-corrected chi connectivity index (χ4v) is 5.15. The van der Waals surface area contributed by atoms with Crippen LogP contribution in [0.2, 0.25) is 0 Å². The van der Waals surface area contributed by atoms with Crippen LogP contribution in [0, 0.1) is 11.8 Å². The third-order valence-electron chi connectivity index (χ3n) is 5.80. The molecule has 1 fully saturated rings. The Bertz CT molecular complexity index is 962. The number of carboxylic acid groups (broad SMARTS) is 1. The van der Waals surface area contributed by atoms with E-state index in [4.69, 9.17) is 0 Å². The van der Waals surface area contributed by atoms with Crippen LogP contribution in [0.4, 0.5) is 5.69 Å². The van der Waals surface area contributed by atoms with Gasteiger partial charge in [-0.15, -0.1) is 17.1 Å². The maximum Gasteiger partial charge on any atom is 0.348 e. The van der Waals surface area contributed by atoms with E-state index in [0.29, 0.717) is 17.2 Å². The third kappa shape index (κ3) is 4.58. The molecule has 0 atom stereocenters. The Balaban J connectivity index is 2.01. The Hall–Kier alpha value is -2.62. The van der Waals surface area contributed by atoms with E-state index < -0.39 is 5.97 Å². The molecule has 1 saturated carbocycles. The highest BCUT2D eigenvalue weighted by Gasteiger charge is 2.33. The van der Waals surface area contributed by atoms with Crippen LogP contribution in [0.1, 0.15) is 56.1 Å². The predicted molar refractivity (Wildman–Crippen MR) is 123 cm³/mol. The maximum atomic E-state index is 13.6. The molecule has 30 heavy (non-hydrogen) atoms. The highest BCUT2D eigenvalue weighted by atomic mass is 32.1. The summed E-state index contributed by atoms with van der Waals surface area (Å²) in [4.78, 5) is 28.3. The van der Waals surface area contributed by atoms with Crippen molar-refractivity contribution < 1.29 is 14.7 Å². The van der Waals surface area contributed by atoms with E-state index in [1.807, 2.05) is 50.2 Å². The van der Waals surface area contributed by atoms with Gasteiger partial charge < -0.3 is 10.0 Å². The van der Waals surface area contributed by atoms with Crippen LogP contribution >= 0.6 is 11.3 Å². The van der Waals surface area contributed by atoms with Gasteiger partial charge in [-0.3, -0.25) is 4.79 Å². The fourth-order valence-electron chi connectivity index (χ4n) is 4.15. The fraction of sp³-hybridized carbons (Fsp3) is 0.400. The summed E-state index contributed by atoms with van der Waals surface area (Å²) in [6, 6.07) is 11.3. The summed E-state index contributed by atoms with van der Waals surface area (Å²) in [5.74, 6) is -0.397. The summed E-state index contributed by atoms with van der Waals surface area (Å²) >= 11 is 1.20. The van der Waals surface area contributed by atoms with E-state index >= 15 is 0 Å². The lowest BCUT2D eigenvalue weighted by Gasteiger charge is -2.32. The summed E-state index contributed by atoms with van der Waals surface area (Å²) < 4.78 is 0. The van der Waals surface area contributed by atoms with Crippen LogP contribution in [-0.4, -0.2) is 23.0 Å². The Morgan fingerprint density at radius 2 is 1.80 bits per heavy atom. The van der Waals surface area contributed by atoms with Gasteiger partial charge in [-0.1, -0.05) is 56.7 Å². The average Bonchev–Trinajstić information content (AvgIpc) is 3.15. The minimum absolute atomic E-state index is 0.132. The van der Waals surface area contributed by atoms with E-state index in [1.54, 1.807) is 4.90 Å². The summed E-state index contributed by atoms with van der Waals surface area (Å²) in [5.41, 5.74) is 4.88. The van der Waals surface area contributed by atoms with E-state index in [9.17, 15) is 14.7 Å². The van der Waals surface area contributed by atoms with Gasteiger partial charge in [0.05, 0.1) is 11.3 Å². The molecule has 1 heterocycles. The number of rotatable bonds is 6. The first-order valence-electron chi connectivity index (χ1n) is 10.5. The average molecular weight is 424 g/mol. The van der Waals surface area contributed by atoms with Gasteiger partial charge in [0.15, 0.2) is 0 Å². The zero-order chi connectivity index (χ0) is 21.8. The monoisotopic (exact) mass is 423 g/mol. The molecule has 1 aromatic carbocycles. The van der Waals surface area contributed by atoms with Crippen LogP contribution in [0.5, 0.6) is 0 Å². The van der Waals surface area contributed by atoms with Gasteiger partial charge in [0.1, 0.15) is 4.88 Å². The summed E-state index contributed by atoms with van der Waals surface area (Å²) in [7, 11) is 0. The van der Waals surface area contributed by atoms with Gasteiger partial charge in [-0.25, -0.2) is 4.79 Å². The second kappa shape index (κ2) is 9.46. The van der Waals surface area contributed by atoms with E-state index in [0.717, 1.165) is 36.1 Å². The third-order valence-corrected chi connectivity index (χ3v) is 6.97. The Morgan fingerprint density at radius 3 is 2.33 bits per heavy atom. The van der Waals surface area contributed by atoms with Crippen molar-refractivity contribution in [3.8, 4) is 10.4 Å². The zero-order valence-corrected chi connectivity index (χ0v) is 18.7. The maximum absolute atomic E-state index is 13.6. The number of carbonyl (C=O) groups is 2. The van der Waals surface area contributed by atoms with Crippen molar-refractivity contribution in [2.75, 3.05) is 4.90 Å². The number of nitrogens with zero attached hydrogens (tertiary/aromatic N) is 1. The number of hydrogen-bond donors (Lipinski definition) is 1. The van der Waals surface area contributed by atoms with E-state index in [-0.39, 0.29) is 22.7 Å². The topological polar surface area (TPSA) is 57.6 Å². The molecule has 1 amide bonds. The van der Waals surface area contributed by atoms with Crippen molar-refractivity contribution in [1.29, 1.82) is 0 Å². The smallest absolute Gasteiger partial charge is 0.348 e. The number of carbonyl (C=O) groups excluding carboxylic acids is 1. The predicted octanol–water partition coefficient (Wildman–Crippen LogP) is 6.39. The molecule has 0 spiro atoms. The lowest BCUT2D eigenvalue weighted by atomic mass is 9.79. The van der Waals surface area contributed by atoms with Crippen molar-refractivity contribution >= 4 is 28.9 Å². The molecule has 0 aliphatic heterocycles. The number of aromatic carboxylic acids is 1. The van der Waals surface area contributed by atoms with Crippen molar-refractivity contribution in [2.24, 2.45) is 11.8 Å². The molecule has 5 heteroatoms. The molecule has 158 valence electrons. The van der Waals surface area contributed by atoms with Gasteiger partial charge in [-0.05, 0) is 50.2 Å². The largest absolute Gasteiger partial charge is 0.477 e. The van der Waals surface area contributed by atoms with Crippen LogP contribution in [0.25, 0.3) is 10.4 Å². The first-order valence-corrected chi connectivity index (χ1v) is 11.3. The lowest BCUT2D eigenvalue weighted by Crippen LogP contribution is -2.40. The van der Waals surface area contributed by atoms with E-state index in [2.05, 4.69) is 19.2 Å². The molecule has 1 aromatic heterocycles. The second-order valence-corrected chi connectivity index (χ2v) is 9.36. The van der Waals surface area contributed by atoms with Crippen LogP contribution in [-0.2, 0) is 4.79 Å². The molecule has 1 N–H and O–H groups in total. The van der Waals surface area contributed by atoms with Gasteiger partial charge in [-0.2, -0.15) is 0 Å². The normalized spacial score (nSPS) is 18.7. The first-order chi connectivity index (χ1) is 14.3. The molecular formula is C25H29NO3S. The molecule has 0 radical (unpaired) electrons. The molecule has 2 aromatic rings. The lowest BCUT2D eigenvalue weighted by molar-refractivity contribution is -0.116. The van der Waals surface area contributed by atoms with Gasteiger partial charge in [0.25, 0.3) is 5.91 Å². The number of thiophene rings is 1. The van der Waals surface area contributed by atoms with Gasteiger partial charge in [0, 0.05) is 10.9 Å². The number of hydrogen-bond acceptors (Lipinski definition) is 3. The highest BCUT2D eigenvalue weighted by molar-refractivity contribution is 7.18. The first kappa shape index (κ1) is 22.1. The molecule has 4 nitrogen and oxygen atoms in total. The summed E-state index contributed by atoms with van der Waals surface area (Å²) in [6.45, 7) is 9.86. The SMILES string of the molecule is C=C=C(C(=O)N(c1cc(-c2ccccc2)sc1C(=O)O)C(C)C)C1CCC(C)CC1. The second-order valence-electron chi connectivity index (χ2n) is 8.31. The van der Waals surface area contributed by atoms with Gasteiger partial charge >= 0.3 is 5.97 Å². The highest BCUT2D eigenvalue weighted by Crippen LogP contribution is 2.40. The van der Waals surface area contributed by atoms with Crippen molar-refractivity contribution in [1.82, 2.24) is 0 Å². The van der Waals surface area contributed by atoms with Crippen LogP contribution < -0.4 is 4.90 Å². The molecule has 0 unspecified atom stereocenters. The van der Waals surface area contributed by atoms with Crippen molar-refractivity contribution in [2.45, 2.75) is 52.5 Å². The molecule has 0 saturated heterocycles. The minimum atomic E-state index is -1.02. The standard InChI is InChI=1S/C25H29NO3S/c1-5-20(18-13-11-17(4)12-14-18)24(27)26(16(2)3)21-15-22(30-23(21)25(28)29)19-9-7-6-8-10-19/h6-10,15-18H,1,11-14H2,2-4H3,(H,28,29). The Kier molecular flexibility index (Phi) is 6.96. The van der Waals surface area contributed by atoms with Crippen LogP contribution in [0.15, 0.2) is 54.3 Å². The van der Waals surface area contributed by atoms with E-state index in [1.165, 1.54) is 11.3 Å². The Labute approximate surface area is 182 Å². The van der Waals surface area contributed by atoms with Crippen molar-refractivity contribution in [3.05, 3.63) is 59.2 Å².